The number of anilines is 1. The lowest BCUT2D eigenvalue weighted by atomic mass is 9.90. The number of benzene rings is 2. The minimum Gasteiger partial charge on any atom is -0.351 e. The van der Waals surface area contributed by atoms with Crippen molar-refractivity contribution >= 4 is 17.5 Å². The average Bonchev–Trinajstić information content (AvgIpc) is 2.52. The van der Waals surface area contributed by atoms with Gasteiger partial charge in [-0.3, -0.25) is 9.59 Å². The summed E-state index contributed by atoms with van der Waals surface area (Å²) in [5.41, 5.74) is 2.65. The number of nitrogens with one attached hydrogen (secondary N) is 2. The van der Waals surface area contributed by atoms with E-state index in [1.54, 1.807) is 0 Å². The van der Waals surface area contributed by atoms with Gasteiger partial charge in [-0.05, 0) is 17.2 Å². The Labute approximate surface area is 123 Å². The van der Waals surface area contributed by atoms with Crippen LogP contribution in [-0.4, -0.2) is 11.8 Å². The van der Waals surface area contributed by atoms with Gasteiger partial charge in [-0.25, -0.2) is 0 Å². The van der Waals surface area contributed by atoms with E-state index in [9.17, 15) is 9.59 Å². The van der Waals surface area contributed by atoms with Crippen LogP contribution in [0, 0.1) is 0 Å². The van der Waals surface area contributed by atoms with Crippen molar-refractivity contribution in [2.24, 2.45) is 0 Å². The molecule has 0 saturated heterocycles. The summed E-state index contributed by atoms with van der Waals surface area (Å²) in [6.45, 7) is 0.472. The molecule has 2 amide bonds. The van der Waals surface area contributed by atoms with Gasteiger partial charge in [0.1, 0.15) is 0 Å². The highest BCUT2D eigenvalue weighted by molar-refractivity contribution is 6.01. The van der Waals surface area contributed by atoms with E-state index in [0.29, 0.717) is 6.54 Å². The number of carbonyl (C=O) groups is 2. The van der Waals surface area contributed by atoms with Crippen molar-refractivity contribution in [3.05, 3.63) is 65.7 Å². The molecule has 0 saturated carbocycles. The third-order valence-corrected chi connectivity index (χ3v) is 3.63. The van der Waals surface area contributed by atoms with E-state index in [4.69, 9.17) is 0 Å². The summed E-state index contributed by atoms with van der Waals surface area (Å²) >= 11 is 0. The van der Waals surface area contributed by atoms with Crippen molar-refractivity contribution in [3.63, 3.8) is 0 Å². The van der Waals surface area contributed by atoms with Gasteiger partial charge in [0.05, 0.1) is 5.92 Å². The number of fused-ring (bicyclic) bond motifs is 1. The smallest absolute Gasteiger partial charge is 0.228 e. The molecule has 0 aromatic heterocycles. The molecule has 106 valence electrons. The molecule has 4 nitrogen and oxygen atoms in total. The Hall–Kier alpha value is -2.62. The summed E-state index contributed by atoms with van der Waals surface area (Å²) in [6, 6.07) is 17.2. The number of para-hydroxylation sites is 1. The van der Waals surface area contributed by atoms with Gasteiger partial charge in [-0.1, -0.05) is 48.5 Å². The molecule has 0 radical (unpaired) electrons. The fraction of sp³-hybridized carbons (Fsp3) is 0.176. The third kappa shape index (κ3) is 2.94. The van der Waals surface area contributed by atoms with Gasteiger partial charge in [0.2, 0.25) is 11.8 Å². The summed E-state index contributed by atoms with van der Waals surface area (Å²) in [5, 5.41) is 5.71. The van der Waals surface area contributed by atoms with Crippen molar-refractivity contribution in [2.75, 3.05) is 5.32 Å². The van der Waals surface area contributed by atoms with Crippen LogP contribution < -0.4 is 10.6 Å². The van der Waals surface area contributed by atoms with Crippen LogP contribution in [-0.2, 0) is 16.1 Å². The molecule has 1 unspecified atom stereocenters. The monoisotopic (exact) mass is 280 g/mol. The molecule has 0 spiro atoms. The van der Waals surface area contributed by atoms with Gasteiger partial charge in [0, 0.05) is 18.7 Å². The van der Waals surface area contributed by atoms with Crippen LogP contribution in [0.3, 0.4) is 0 Å². The Bertz CT molecular complexity index is 668. The molecule has 0 fully saturated rings. The summed E-state index contributed by atoms with van der Waals surface area (Å²) in [6.07, 6.45) is 0.192. The highest BCUT2D eigenvalue weighted by Gasteiger charge is 2.30. The maximum atomic E-state index is 12.4. The maximum Gasteiger partial charge on any atom is 0.228 e. The standard InChI is InChI=1S/C17H16N2O2/c20-16-10-14(13-8-4-5-9-15(13)19-16)17(21)18-11-12-6-2-1-3-7-12/h1-9,14H,10-11H2,(H,18,21)(H,19,20). The minimum atomic E-state index is -0.418. The van der Waals surface area contributed by atoms with Gasteiger partial charge in [0.25, 0.3) is 0 Å². The molecule has 0 bridgehead atoms. The zero-order valence-corrected chi connectivity index (χ0v) is 11.5. The van der Waals surface area contributed by atoms with Crippen molar-refractivity contribution in [2.45, 2.75) is 18.9 Å². The first-order chi connectivity index (χ1) is 10.2. The van der Waals surface area contributed by atoms with Crippen LogP contribution in [0.25, 0.3) is 0 Å². The second-order valence-electron chi connectivity index (χ2n) is 5.10. The number of rotatable bonds is 3. The summed E-state index contributed by atoms with van der Waals surface area (Å²) in [7, 11) is 0. The molecule has 0 aliphatic carbocycles. The van der Waals surface area contributed by atoms with Crippen LogP contribution in [0.4, 0.5) is 5.69 Å². The van der Waals surface area contributed by atoms with E-state index in [1.165, 1.54) is 0 Å². The molecular weight excluding hydrogens is 264 g/mol. The molecule has 2 N–H and O–H groups in total. The Morgan fingerprint density at radius 3 is 2.62 bits per heavy atom. The Morgan fingerprint density at radius 2 is 1.81 bits per heavy atom. The molecule has 4 heteroatoms. The van der Waals surface area contributed by atoms with Crippen LogP contribution >= 0.6 is 0 Å². The summed E-state index contributed by atoms with van der Waals surface area (Å²) in [4.78, 5) is 24.1. The SMILES string of the molecule is O=C1CC(C(=O)NCc2ccccc2)c2ccccc2N1. The van der Waals surface area contributed by atoms with Gasteiger partial charge in [-0.2, -0.15) is 0 Å². The van der Waals surface area contributed by atoms with Gasteiger partial charge < -0.3 is 10.6 Å². The highest BCUT2D eigenvalue weighted by atomic mass is 16.2. The second kappa shape index (κ2) is 5.79. The van der Waals surface area contributed by atoms with E-state index >= 15 is 0 Å². The lowest BCUT2D eigenvalue weighted by molar-refractivity contribution is -0.126. The zero-order valence-electron chi connectivity index (χ0n) is 11.5. The zero-order chi connectivity index (χ0) is 14.7. The predicted octanol–water partition coefficient (Wildman–Crippen LogP) is 2.43. The van der Waals surface area contributed by atoms with E-state index in [1.807, 2.05) is 54.6 Å². The van der Waals surface area contributed by atoms with Gasteiger partial charge in [-0.15, -0.1) is 0 Å². The fourth-order valence-electron chi connectivity index (χ4n) is 2.55. The Morgan fingerprint density at radius 1 is 1.10 bits per heavy atom. The topological polar surface area (TPSA) is 58.2 Å². The lowest BCUT2D eigenvalue weighted by Crippen LogP contribution is -2.34. The molecule has 1 aliphatic heterocycles. The first-order valence-corrected chi connectivity index (χ1v) is 6.94. The van der Waals surface area contributed by atoms with Crippen molar-refractivity contribution in [3.8, 4) is 0 Å². The number of hydrogen-bond acceptors (Lipinski definition) is 2. The van der Waals surface area contributed by atoms with Crippen LogP contribution in [0.15, 0.2) is 54.6 Å². The first-order valence-electron chi connectivity index (χ1n) is 6.94. The minimum absolute atomic E-state index is 0.110. The molecule has 2 aromatic rings. The van der Waals surface area contributed by atoms with Gasteiger partial charge >= 0.3 is 0 Å². The van der Waals surface area contributed by atoms with Crippen molar-refractivity contribution < 1.29 is 9.59 Å². The van der Waals surface area contributed by atoms with Crippen LogP contribution in [0.1, 0.15) is 23.5 Å². The first kappa shape index (κ1) is 13.4. The molecule has 1 atom stereocenters. The Balaban J connectivity index is 1.74. The quantitative estimate of drug-likeness (QED) is 0.907. The van der Waals surface area contributed by atoms with E-state index in [2.05, 4.69) is 10.6 Å². The normalized spacial score (nSPS) is 16.8. The van der Waals surface area contributed by atoms with Crippen molar-refractivity contribution in [1.29, 1.82) is 0 Å². The van der Waals surface area contributed by atoms with E-state index in [-0.39, 0.29) is 18.2 Å². The molecule has 3 rings (SSSR count). The molecule has 2 aromatic carbocycles. The largest absolute Gasteiger partial charge is 0.351 e. The maximum absolute atomic E-state index is 12.4. The molecule has 1 aliphatic rings. The molecule has 21 heavy (non-hydrogen) atoms. The number of amides is 2. The second-order valence-corrected chi connectivity index (χ2v) is 5.10. The average molecular weight is 280 g/mol. The lowest BCUT2D eigenvalue weighted by Gasteiger charge is -2.24. The van der Waals surface area contributed by atoms with Crippen LogP contribution in [0.2, 0.25) is 0 Å². The number of hydrogen-bond donors (Lipinski definition) is 2. The molecule has 1 heterocycles. The van der Waals surface area contributed by atoms with E-state index in [0.717, 1.165) is 16.8 Å². The predicted molar refractivity (Wildman–Crippen MR) is 80.7 cm³/mol. The Kier molecular flexibility index (Phi) is 3.69. The summed E-state index contributed by atoms with van der Waals surface area (Å²) < 4.78 is 0. The van der Waals surface area contributed by atoms with Gasteiger partial charge in [0.15, 0.2) is 0 Å². The van der Waals surface area contributed by atoms with Crippen molar-refractivity contribution in [1.82, 2.24) is 5.32 Å². The van der Waals surface area contributed by atoms with E-state index < -0.39 is 5.92 Å². The fourth-order valence-corrected chi connectivity index (χ4v) is 2.55. The molecular formula is C17H16N2O2. The van der Waals surface area contributed by atoms with Crippen LogP contribution in [0.5, 0.6) is 0 Å². The third-order valence-electron chi connectivity index (χ3n) is 3.63. The highest BCUT2D eigenvalue weighted by Crippen LogP contribution is 2.31. The number of carbonyl (C=O) groups excluding carboxylic acids is 2. The summed E-state index contributed by atoms with van der Waals surface area (Å²) in [5.74, 6) is -0.645.